The van der Waals surface area contributed by atoms with Gasteiger partial charge in [-0.05, 0) is 51.3 Å². The molecule has 1 N–H and O–H groups in total. The summed E-state index contributed by atoms with van der Waals surface area (Å²) in [5.74, 6) is 1.23. The number of nitrogens with zero attached hydrogens (tertiary/aromatic N) is 3. The fourth-order valence-electron chi connectivity index (χ4n) is 2.47. The van der Waals surface area contributed by atoms with Crippen LogP contribution in [0.3, 0.4) is 0 Å². The number of amides is 1. The predicted molar refractivity (Wildman–Crippen MR) is 74.1 cm³/mol. The molecule has 1 amide bonds. The number of piperidine rings is 1. The van der Waals surface area contributed by atoms with Crippen molar-refractivity contribution in [3.8, 4) is 0 Å². The first-order valence-corrected chi connectivity index (χ1v) is 6.83. The van der Waals surface area contributed by atoms with E-state index in [1.807, 2.05) is 13.0 Å². The second-order valence-electron chi connectivity index (χ2n) is 5.41. The highest BCUT2D eigenvalue weighted by Gasteiger charge is 2.17. The first-order valence-electron chi connectivity index (χ1n) is 6.83. The van der Waals surface area contributed by atoms with Crippen LogP contribution >= 0.6 is 0 Å². The van der Waals surface area contributed by atoms with Crippen LogP contribution in [0.5, 0.6) is 0 Å². The zero-order chi connectivity index (χ0) is 13.8. The van der Waals surface area contributed by atoms with Crippen LogP contribution in [0, 0.1) is 12.8 Å². The Bertz CT molecular complexity index is 453. The lowest BCUT2D eigenvalue weighted by molar-refractivity contribution is 0.0821. The third kappa shape index (κ3) is 3.73. The van der Waals surface area contributed by atoms with Gasteiger partial charge in [0, 0.05) is 19.8 Å². The van der Waals surface area contributed by atoms with Crippen molar-refractivity contribution in [2.75, 3.05) is 27.2 Å². The molecule has 2 heterocycles. The minimum Gasteiger partial charge on any atom is -0.343 e. The van der Waals surface area contributed by atoms with Crippen LogP contribution in [0.25, 0.3) is 0 Å². The van der Waals surface area contributed by atoms with Crippen LogP contribution in [0.15, 0.2) is 6.07 Å². The summed E-state index contributed by atoms with van der Waals surface area (Å²) in [6.07, 6.45) is 3.37. The van der Waals surface area contributed by atoms with Crippen molar-refractivity contribution in [1.29, 1.82) is 0 Å². The largest absolute Gasteiger partial charge is 0.343 e. The molecular weight excluding hydrogens is 240 g/mol. The molecular formula is C14H22N4O. The van der Waals surface area contributed by atoms with E-state index < -0.39 is 0 Å². The minimum atomic E-state index is -0.0616. The Morgan fingerprint density at radius 2 is 2.26 bits per heavy atom. The van der Waals surface area contributed by atoms with E-state index in [1.54, 1.807) is 19.0 Å². The van der Waals surface area contributed by atoms with E-state index in [0.29, 0.717) is 17.4 Å². The monoisotopic (exact) mass is 262 g/mol. The summed E-state index contributed by atoms with van der Waals surface area (Å²) in [5, 5.41) is 3.41. The lowest BCUT2D eigenvalue weighted by atomic mass is 9.94. The molecule has 0 spiro atoms. The highest BCUT2D eigenvalue weighted by atomic mass is 16.2. The van der Waals surface area contributed by atoms with E-state index in [9.17, 15) is 4.79 Å². The number of aryl methyl sites for hydroxylation is 1. The molecule has 0 aromatic carbocycles. The summed E-state index contributed by atoms with van der Waals surface area (Å²) >= 11 is 0. The Balaban J connectivity index is 2.14. The van der Waals surface area contributed by atoms with Gasteiger partial charge in [-0.25, -0.2) is 9.97 Å². The number of hydrogen-bond donors (Lipinski definition) is 1. The lowest BCUT2D eigenvalue weighted by Crippen LogP contribution is -2.31. The van der Waals surface area contributed by atoms with Gasteiger partial charge in [0.25, 0.3) is 5.91 Å². The maximum Gasteiger partial charge on any atom is 0.272 e. The van der Waals surface area contributed by atoms with Crippen molar-refractivity contribution < 1.29 is 4.79 Å². The van der Waals surface area contributed by atoms with Gasteiger partial charge in [-0.15, -0.1) is 0 Å². The van der Waals surface area contributed by atoms with Crippen molar-refractivity contribution in [2.45, 2.75) is 26.2 Å². The summed E-state index contributed by atoms with van der Waals surface area (Å²) in [7, 11) is 3.48. The van der Waals surface area contributed by atoms with Crippen LogP contribution in [0.1, 0.15) is 34.8 Å². The maximum atomic E-state index is 12.0. The lowest BCUT2D eigenvalue weighted by Gasteiger charge is -2.22. The third-order valence-corrected chi connectivity index (χ3v) is 3.41. The fourth-order valence-corrected chi connectivity index (χ4v) is 2.47. The van der Waals surface area contributed by atoms with Crippen LogP contribution < -0.4 is 5.32 Å². The Kier molecular flexibility index (Phi) is 4.47. The summed E-state index contributed by atoms with van der Waals surface area (Å²) in [5.41, 5.74) is 1.47. The van der Waals surface area contributed by atoms with E-state index in [-0.39, 0.29) is 5.91 Å². The molecule has 1 aliphatic heterocycles. The molecule has 1 fully saturated rings. The summed E-state index contributed by atoms with van der Waals surface area (Å²) in [6.45, 7) is 4.00. The van der Waals surface area contributed by atoms with Crippen molar-refractivity contribution in [2.24, 2.45) is 5.92 Å². The molecule has 1 saturated heterocycles. The molecule has 5 nitrogen and oxygen atoms in total. The molecule has 0 bridgehead atoms. The maximum absolute atomic E-state index is 12.0. The summed E-state index contributed by atoms with van der Waals surface area (Å²) in [4.78, 5) is 22.2. The zero-order valence-corrected chi connectivity index (χ0v) is 11.9. The number of nitrogens with one attached hydrogen (secondary N) is 1. The summed E-state index contributed by atoms with van der Waals surface area (Å²) in [6, 6.07) is 1.84. The molecule has 0 aliphatic carbocycles. The van der Waals surface area contributed by atoms with Gasteiger partial charge in [0.05, 0.1) is 0 Å². The van der Waals surface area contributed by atoms with Gasteiger partial charge in [0.2, 0.25) is 0 Å². The van der Waals surface area contributed by atoms with E-state index in [4.69, 9.17) is 0 Å². The number of rotatable bonds is 3. The van der Waals surface area contributed by atoms with E-state index in [2.05, 4.69) is 15.3 Å². The molecule has 1 aliphatic rings. The Morgan fingerprint density at radius 1 is 1.47 bits per heavy atom. The van der Waals surface area contributed by atoms with Crippen molar-refractivity contribution in [1.82, 2.24) is 20.2 Å². The number of carbonyl (C=O) groups excluding carboxylic acids is 1. The predicted octanol–water partition coefficient (Wildman–Crippen LogP) is 1.03. The van der Waals surface area contributed by atoms with Gasteiger partial charge in [-0.3, -0.25) is 4.79 Å². The normalized spacial score (nSPS) is 19.2. The van der Waals surface area contributed by atoms with Crippen molar-refractivity contribution >= 4 is 5.91 Å². The summed E-state index contributed by atoms with van der Waals surface area (Å²) < 4.78 is 0. The van der Waals surface area contributed by atoms with Gasteiger partial charge < -0.3 is 10.2 Å². The van der Waals surface area contributed by atoms with E-state index >= 15 is 0 Å². The molecule has 19 heavy (non-hydrogen) atoms. The molecule has 1 atom stereocenters. The van der Waals surface area contributed by atoms with Crippen LogP contribution in [0.4, 0.5) is 0 Å². The quantitative estimate of drug-likeness (QED) is 0.884. The van der Waals surface area contributed by atoms with Crippen molar-refractivity contribution in [3.05, 3.63) is 23.3 Å². The standard InChI is InChI=1S/C14H22N4O/c1-10-16-12(7-11-5-4-6-15-9-11)8-13(17-10)14(19)18(2)3/h8,11,15H,4-7,9H2,1-3H3/t11-/m1/s1. The number of hydrogen-bond acceptors (Lipinski definition) is 4. The molecule has 0 radical (unpaired) electrons. The second kappa shape index (κ2) is 6.10. The van der Waals surface area contributed by atoms with Gasteiger partial charge in [0.1, 0.15) is 11.5 Å². The first-order chi connectivity index (χ1) is 9.06. The molecule has 1 aromatic heterocycles. The van der Waals surface area contributed by atoms with Gasteiger partial charge in [0.15, 0.2) is 0 Å². The van der Waals surface area contributed by atoms with Crippen LogP contribution in [-0.2, 0) is 6.42 Å². The number of carbonyl (C=O) groups is 1. The Labute approximate surface area is 114 Å². The molecule has 0 unspecified atom stereocenters. The first kappa shape index (κ1) is 13.9. The zero-order valence-electron chi connectivity index (χ0n) is 11.9. The average Bonchev–Trinajstić information content (AvgIpc) is 2.38. The van der Waals surface area contributed by atoms with Crippen LogP contribution in [-0.4, -0.2) is 48.0 Å². The SMILES string of the molecule is Cc1nc(C[C@H]2CCCNC2)cc(C(=O)N(C)C)n1. The molecule has 0 saturated carbocycles. The average molecular weight is 262 g/mol. The Hall–Kier alpha value is -1.49. The fraction of sp³-hybridized carbons (Fsp3) is 0.643. The van der Waals surface area contributed by atoms with Crippen LogP contribution in [0.2, 0.25) is 0 Å². The topological polar surface area (TPSA) is 58.1 Å². The van der Waals surface area contributed by atoms with Gasteiger partial charge in [-0.2, -0.15) is 0 Å². The van der Waals surface area contributed by atoms with Gasteiger partial charge >= 0.3 is 0 Å². The Morgan fingerprint density at radius 3 is 2.89 bits per heavy atom. The van der Waals surface area contributed by atoms with Gasteiger partial charge in [-0.1, -0.05) is 0 Å². The minimum absolute atomic E-state index is 0.0616. The molecule has 2 rings (SSSR count). The highest BCUT2D eigenvalue weighted by molar-refractivity contribution is 5.91. The highest BCUT2D eigenvalue weighted by Crippen LogP contribution is 2.16. The van der Waals surface area contributed by atoms with Crippen molar-refractivity contribution in [3.63, 3.8) is 0 Å². The van der Waals surface area contributed by atoms with E-state index in [0.717, 1.165) is 25.2 Å². The molecule has 1 aromatic rings. The smallest absolute Gasteiger partial charge is 0.272 e. The molecule has 104 valence electrons. The molecule has 5 heteroatoms. The number of aromatic nitrogens is 2. The second-order valence-corrected chi connectivity index (χ2v) is 5.41. The third-order valence-electron chi connectivity index (χ3n) is 3.41. The van der Waals surface area contributed by atoms with E-state index in [1.165, 1.54) is 12.8 Å².